The van der Waals surface area contributed by atoms with Crippen molar-refractivity contribution in [2.75, 3.05) is 14.2 Å². The molecule has 0 amide bonds. The molecule has 0 spiro atoms. The molecule has 5 heteroatoms. The Morgan fingerprint density at radius 3 is 2.39 bits per heavy atom. The number of aromatic hydroxyl groups is 1. The summed E-state index contributed by atoms with van der Waals surface area (Å²) in [6.07, 6.45) is 3.40. The van der Waals surface area contributed by atoms with Crippen LogP contribution in [0.1, 0.15) is 10.4 Å². The van der Waals surface area contributed by atoms with Crippen LogP contribution in [-0.2, 0) is 4.74 Å². The van der Waals surface area contributed by atoms with Crippen LogP contribution in [0.15, 0.2) is 36.7 Å². The second-order valence-corrected chi connectivity index (χ2v) is 3.42. The van der Waals surface area contributed by atoms with E-state index in [1.165, 1.54) is 12.4 Å². The van der Waals surface area contributed by atoms with Crippen LogP contribution in [0, 0.1) is 0 Å². The van der Waals surface area contributed by atoms with Gasteiger partial charge >= 0.3 is 0 Å². The zero-order chi connectivity index (χ0) is 13.4. The summed E-state index contributed by atoms with van der Waals surface area (Å²) in [6.45, 7) is 0. The lowest BCUT2D eigenvalue weighted by Gasteiger charge is -1.99. The minimum atomic E-state index is 0.0188. The molecule has 0 atom stereocenters. The molecule has 0 unspecified atom stereocenters. The number of hydrogen-bond donors (Lipinski definition) is 1. The van der Waals surface area contributed by atoms with Crippen molar-refractivity contribution in [1.29, 1.82) is 0 Å². The highest BCUT2D eigenvalue weighted by atomic mass is 16.4. The normalized spacial score (nSPS) is 9.22. The van der Waals surface area contributed by atoms with E-state index in [-0.39, 0.29) is 5.75 Å². The molecule has 0 aliphatic heterocycles. The molecule has 5 nitrogen and oxygen atoms in total. The zero-order valence-electron chi connectivity index (χ0n) is 10.2. The van der Waals surface area contributed by atoms with Crippen LogP contribution in [0.25, 0.3) is 11.4 Å². The molecule has 1 N–H and O–H groups in total. The van der Waals surface area contributed by atoms with Gasteiger partial charge < -0.3 is 9.84 Å². The van der Waals surface area contributed by atoms with Crippen LogP contribution in [0.2, 0.25) is 0 Å². The van der Waals surface area contributed by atoms with Gasteiger partial charge in [0.05, 0.1) is 12.4 Å². The molecule has 1 aromatic heterocycles. The van der Waals surface area contributed by atoms with Gasteiger partial charge in [-0.05, 0) is 6.07 Å². The van der Waals surface area contributed by atoms with Crippen LogP contribution < -0.4 is 0 Å². The van der Waals surface area contributed by atoms with Gasteiger partial charge in [-0.2, -0.15) is 0 Å². The summed E-state index contributed by atoms with van der Waals surface area (Å²) in [7, 11) is 3.25. The highest BCUT2D eigenvalue weighted by Gasteiger charge is 2.01. The second-order valence-electron chi connectivity index (χ2n) is 3.42. The number of hydrogen-bond acceptors (Lipinski definition) is 5. The van der Waals surface area contributed by atoms with Gasteiger partial charge in [-0.3, -0.25) is 4.79 Å². The Morgan fingerprint density at radius 1 is 1.22 bits per heavy atom. The van der Waals surface area contributed by atoms with Crippen LogP contribution in [-0.4, -0.2) is 35.6 Å². The summed E-state index contributed by atoms with van der Waals surface area (Å²) in [5.74, 6) is 0.502. The number of rotatable bonds is 2. The predicted octanol–water partition coefficient (Wildman–Crippen LogP) is 1.92. The average molecular weight is 246 g/mol. The first kappa shape index (κ1) is 13.8. The maximum absolute atomic E-state index is 10.6. The lowest BCUT2D eigenvalue weighted by Crippen LogP contribution is -1.88. The van der Waals surface area contributed by atoms with Crippen molar-refractivity contribution in [2.24, 2.45) is 0 Å². The van der Waals surface area contributed by atoms with E-state index in [1.807, 2.05) is 0 Å². The van der Waals surface area contributed by atoms with Gasteiger partial charge in [0, 0.05) is 25.3 Å². The Kier molecular flexibility index (Phi) is 5.47. The number of aldehydes is 1. The van der Waals surface area contributed by atoms with Gasteiger partial charge in [0.25, 0.3) is 0 Å². The number of carbonyl (C=O) groups excluding carboxylic acids is 1. The lowest BCUT2D eigenvalue weighted by atomic mass is 10.1. The molecule has 94 valence electrons. The summed E-state index contributed by atoms with van der Waals surface area (Å²) in [6, 6.07) is 6.96. The molecular weight excluding hydrogens is 232 g/mol. The standard InChI is InChI=1S/C11H8N2O2.C2H6O/c14-7-8-2-1-3-9(4-8)11-12-5-10(15)6-13-11;1-3-2/h1-7,15H;1-2H3. The Bertz CT molecular complexity index is 498. The topological polar surface area (TPSA) is 72.3 Å². The number of benzene rings is 1. The van der Waals surface area contributed by atoms with E-state index in [9.17, 15) is 4.79 Å². The van der Waals surface area contributed by atoms with Crippen molar-refractivity contribution in [3.8, 4) is 17.1 Å². The van der Waals surface area contributed by atoms with Gasteiger partial charge in [0.2, 0.25) is 0 Å². The molecule has 0 fully saturated rings. The highest BCUT2D eigenvalue weighted by molar-refractivity contribution is 5.77. The largest absolute Gasteiger partial charge is 0.505 e. The minimum Gasteiger partial charge on any atom is -0.505 e. The molecule has 0 radical (unpaired) electrons. The van der Waals surface area contributed by atoms with Gasteiger partial charge in [-0.15, -0.1) is 0 Å². The van der Waals surface area contributed by atoms with Crippen molar-refractivity contribution in [3.63, 3.8) is 0 Å². The SMILES string of the molecule is COC.O=Cc1cccc(-c2ncc(O)cn2)c1. The minimum absolute atomic E-state index is 0.0188. The molecule has 2 rings (SSSR count). The molecule has 0 bridgehead atoms. The monoisotopic (exact) mass is 246 g/mol. The Labute approximate surface area is 105 Å². The number of methoxy groups -OCH3 is 1. The van der Waals surface area contributed by atoms with Crippen molar-refractivity contribution in [3.05, 3.63) is 42.2 Å². The summed E-state index contributed by atoms with van der Waals surface area (Å²) in [5, 5.41) is 9.02. The first-order valence-electron chi connectivity index (χ1n) is 5.18. The number of aromatic nitrogens is 2. The van der Waals surface area contributed by atoms with Crippen LogP contribution in [0.5, 0.6) is 5.75 Å². The number of nitrogens with zero attached hydrogens (tertiary/aromatic N) is 2. The summed E-state index contributed by atoms with van der Waals surface area (Å²) in [4.78, 5) is 18.5. The van der Waals surface area contributed by atoms with Gasteiger partial charge in [0.15, 0.2) is 11.6 Å². The van der Waals surface area contributed by atoms with Crippen LogP contribution in [0.4, 0.5) is 0 Å². The zero-order valence-corrected chi connectivity index (χ0v) is 10.2. The maximum atomic E-state index is 10.6. The maximum Gasteiger partial charge on any atom is 0.159 e. The Balaban J connectivity index is 0.000000492. The molecule has 18 heavy (non-hydrogen) atoms. The Morgan fingerprint density at radius 2 is 1.83 bits per heavy atom. The van der Waals surface area contributed by atoms with Crippen LogP contribution >= 0.6 is 0 Å². The molecule has 2 aromatic rings. The smallest absolute Gasteiger partial charge is 0.159 e. The first-order valence-corrected chi connectivity index (χ1v) is 5.18. The fourth-order valence-electron chi connectivity index (χ4n) is 1.22. The second kappa shape index (κ2) is 7.13. The predicted molar refractivity (Wildman–Crippen MR) is 67.5 cm³/mol. The Hall–Kier alpha value is -2.27. The lowest BCUT2D eigenvalue weighted by molar-refractivity contribution is 0.112. The van der Waals surface area contributed by atoms with Crippen LogP contribution in [0.3, 0.4) is 0 Å². The van der Waals surface area contributed by atoms with E-state index in [4.69, 9.17) is 5.11 Å². The summed E-state index contributed by atoms with van der Waals surface area (Å²) in [5.41, 5.74) is 1.32. The van der Waals surface area contributed by atoms with Crippen molar-refractivity contribution >= 4 is 6.29 Å². The van der Waals surface area contributed by atoms with Crippen molar-refractivity contribution < 1.29 is 14.6 Å². The van der Waals surface area contributed by atoms with Gasteiger partial charge in [-0.1, -0.05) is 18.2 Å². The summed E-state index contributed by atoms with van der Waals surface area (Å²) >= 11 is 0. The first-order chi connectivity index (χ1) is 8.71. The molecular formula is C13H14N2O3. The molecule has 0 saturated heterocycles. The van der Waals surface area contributed by atoms with E-state index < -0.39 is 0 Å². The molecule has 1 heterocycles. The van der Waals surface area contributed by atoms with Crippen molar-refractivity contribution in [1.82, 2.24) is 9.97 Å². The quantitative estimate of drug-likeness (QED) is 0.819. The molecule has 0 aliphatic rings. The van der Waals surface area contributed by atoms with E-state index in [0.29, 0.717) is 11.4 Å². The third kappa shape index (κ3) is 3.95. The third-order valence-electron chi connectivity index (χ3n) is 1.92. The van der Waals surface area contributed by atoms with E-state index in [2.05, 4.69) is 14.7 Å². The van der Waals surface area contributed by atoms with E-state index in [0.717, 1.165) is 11.8 Å². The number of carbonyl (C=O) groups is 1. The number of ether oxygens (including phenoxy) is 1. The molecule has 1 aromatic carbocycles. The van der Waals surface area contributed by atoms with Crippen molar-refractivity contribution in [2.45, 2.75) is 0 Å². The fraction of sp³-hybridized carbons (Fsp3) is 0.154. The fourth-order valence-corrected chi connectivity index (χ4v) is 1.22. The summed E-state index contributed by atoms with van der Waals surface area (Å²) < 4.78 is 4.25. The molecule has 0 aliphatic carbocycles. The average Bonchev–Trinajstić information content (AvgIpc) is 2.40. The third-order valence-corrected chi connectivity index (χ3v) is 1.92. The highest BCUT2D eigenvalue weighted by Crippen LogP contribution is 2.16. The molecule has 0 saturated carbocycles. The van der Waals surface area contributed by atoms with E-state index >= 15 is 0 Å². The van der Waals surface area contributed by atoms with Gasteiger partial charge in [-0.25, -0.2) is 9.97 Å². The van der Waals surface area contributed by atoms with Gasteiger partial charge in [0.1, 0.15) is 6.29 Å². The van der Waals surface area contributed by atoms with E-state index in [1.54, 1.807) is 38.5 Å².